The van der Waals surface area contributed by atoms with Crippen molar-refractivity contribution in [2.24, 2.45) is 11.7 Å². The lowest BCUT2D eigenvalue weighted by molar-refractivity contribution is -0.169. The molecule has 0 radical (unpaired) electrons. The summed E-state index contributed by atoms with van der Waals surface area (Å²) in [4.78, 5) is 1.23. The summed E-state index contributed by atoms with van der Waals surface area (Å²) in [6.45, 7) is 0.0678. The first-order chi connectivity index (χ1) is 5.41. The van der Waals surface area contributed by atoms with Crippen molar-refractivity contribution in [3.63, 3.8) is 0 Å². The van der Waals surface area contributed by atoms with E-state index >= 15 is 0 Å². The number of guanidine groups is 1. The molecule has 0 aromatic carbocycles. The van der Waals surface area contributed by atoms with Crippen molar-refractivity contribution in [1.82, 2.24) is 4.90 Å². The van der Waals surface area contributed by atoms with E-state index in [1.54, 1.807) is 0 Å². The van der Waals surface area contributed by atoms with Gasteiger partial charge >= 0.3 is 6.18 Å². The van der Waals surface area contributed by atoms with Gasteiger partial charge in [0.15, 0.2) is 5.96 Å². The monoisotopic (exact) mass is 181 g/mol. The summed E-state index contributed by atoms with van der Waals surface area (Å²) in [5, 5.41) is 6.92. The second-order valence-corrected chi connectivity index (χ2v) is 2.86. The third-order valence-electron chi connectivity index (χ3n) is 1.99. The van der Waals surface area contributed by atoms with E-state index in [0.29, 0.717) is 0 Å². The average molecular weight is 181 g/mol. The van der Waals surface area contributed by atoms with Gasteiger partial charge in [0, 0.05) is 13.1 Å². The van der Waals surface area contributed by atoms with Crippen LogP contribution in [0.3, 0.4) is 0 Å². The van der Waals surface area contributed by atoms with E-state index in [-0.39, 0.29) is 25.5 Å². The number of alkyl halides is 3. The smallest absolute Gasteiger partial charge is 0.370 e. The topological polar surface area (TPSA) is 53.1 Å². The lowest BCUT2D eigenvalue weighted by Gasteiger charge is -2.17. The van der Waals surface area contributed by atoms with Gasteiger partial charge in [-0.05, 0) is 6.42 Å². The molecule has 0 aromatic rings. The minimum absolute atomic E-state index is 0.0447. The van der Waals surface area contributed by atoms with E-state index in [1.807, 2.05) is 0 Å². The van der Waals surface area contributed by atoms with Crippen molar-refractivity contribution in [2.45, 2.75) is 12.6 Å². The van der Waals surface area contributed by atoms with E-state index in [4.69, 9.17) is 11.1 Å². The third kappa shape index (κ3) is 1.80. The van der Waals surface area contributed by atoms with Crippen LogP contribution in [0, 0.1) is 11.3 Å². The molecule has 0 aliphatic carbocycles. The van der Waals surface area contributed by atoms with Gasteiger partial charge < -0.3 is 10.6 Å². The highest BCUT2D eigenvalue weighted by Gasteiger charge is 2.43. The summed E-state index contributed by atoms with van der Waals surface area (Å²) in [5.41, 5.74) is 5.05. The Morgan fingerprint density at radius 1 is 1.50 bits per heavy atom. The molecule has 6 heteroatoms. The van der Waals surface area contributed by atoms with E-state index in [1.165, 1.54) is 4.90 Å². The number of hydrogen-bond acceptors (Lipinski definition) is 1. The summed E-state index contributed by atoms with van der Waals surface area (Å²) in [6.07, 6.45) is -4.10. The van der Waals surface area contributed by atoms with Gasteiger partial charge in [0.05, 0.1) is 5.92 Å². The van der Waals surface area contributed by atoms with Crippen molar-refractivity contribution < 1.29 is 13.2 Å². The Balaban J connectivity index is 2.51. The Morgan fingerprint density at radius 2 is 2.08 bits per heavy atom. The largest absolute Gasteiger partial charge is 0.393 e. The number of nitrogens with one attached hydrogen (secondary N) is 1. The van der Waals surface area contributed by atoms with Crippen molar-refractivity contribution in [1.29, 1.82) is 5.41 Å². The van der Waals surface area contributed by atoms with Crippen LogP contribution in [0.1, 0.15) is 6.42 Å². The molecular formula is C6H10F3N3. The molecule has 1 saturated heterocycles. The summed E-state index contributed by atoms with van der Waals surface area (Å²) in [7, 11) is 0. The number of hydrogen-bond donors (Lipinski definition) is 2. The van der Waals surface area contributed by atoms with Gasteiger partial charge in [-0.1, -0.05) is 0 Å². The van der Waals surface area contributed by atoms with Gasteiger partial charge in [0.1, 0.15) is 0 Å². The fraction of sp³-hybridized carbons (Fsp3) is 0.833. The molecule has 1 atom stereocenters. The van der Waals surface area contributed by atoms with Crippen molar-refractivity contribution in [3.05, 3.63) is 0 Å². The van der Waals surface area contributed by atoms with Crippen LogP contribution in [0.2, 0.25) is 0 Å². The maximum atomic E-state index is 12.1. The third-order valence-corrected chi connectivity index (χ3v) is 1.99. The van der Waals surface area contributed by atoms with E-state index in [2.05, 4.69) is 0 Å². The second kappa shape index (κ2) is 2.84. The molecule has 0 aromatic heterocycles. The minimum atomic E-state index is -4.15. The van der Waals surface area contributed by atoms with Crippen LogP contribution >= 0.6 is 0 Å². The highest BCUT2D eigenvalue weighted by atomic mass is 19.4. The molecule has 0 spiro atoms. The SMILES string of the molecule is N=C(N)N1CCC(C(F)(F)F)C1. The van der Waals surface area contributed by atoms with Crippen LogP contribution in [-0.2, 0) is 0 Å². The predicted molar refractivity (Wildman–Crippen MR) is 37.6 cm³/mol. The maximum Gasteiger partial charge on any atom is 0.393 e. The van der Waals surface area contributed by atoms with Crippen molar-refractivity contribution in [3.8, 4) is 0 Å². The Morgan fingerprint density at radius 3 is 2.33 bits per heavy atom. The molecule has 70 valence electrons. The number of likely N-dealkylation sites (tertiary alicyclic amines) is 1. The zero-order valence-electron chi connectivity index (χ0n) is 6.36. The summed E-state index contributed by atoms with van der Waals surface area (Å²) < 4.78 is 36.2. The molecule has 0 amide bonds. The fourth-order valence-corrected chi connectivity index (χ4v) is 1.25. The van der Waals surface area contributed by atoms with Crippen molar-refractivity contribution >= 4 is 5.96 Å². The van der Waals surface area contributed by atoms with Crippen LogP contribution in [-0.4, -0.2) is 30.1 Å². The van der Waals surface area contributed by atoms with Gasteiger partial charge in [-0.25, -0.2) is 0 Å². The van der Waals surface area contributed by atoms with E-state index < -0.39 is 12.1 Å². The molecule has 1 aliphatic heterocycles. The first kappa shape index (κ1) is 9.15. The van der Waals surface area contributed by atoms with Gasteiger partial charge in [0.25, 0.3) is 0 Å². The van der Waals surface area contributed by atoms with Crippen LogP contribution < -0.4 is 5.73 Å². The average Bonchev–Trinajstić information content (AvgIpc) is 2.30. The molecule has 3 nitrogen and oxygen atoms in total. The Kier molecular flexibility index (Phi) is 2.16. The minimum Gasteiger partial charge on any atom is -0.370 e. The summed E-state index contributed by atoms with van der Waals surface area (Å²) in [5.74, 6) is -1.59. The molecule has 1 aliphatic rings. The molecule has 0 saturated carbocycles. The standard InChI is InChI=1S/C6H10F3N3/c7-6(8,9)4-1-2-12(3-4)5(10)11/h4H,1-3H2,(H3,10,11). The molecule has 1 fully saturated rings. The zero-order valence-corrected chi connectivity index (χ0v) is 6.36. The maximum absolute atomic E-state index is 12.1. The van der Waals surface area contributed by atoms with Gasteiger partial charge in [-0.15, -0.1) is 0 Å². The molecule has 3 N–H and O–H groups in total. The summed E-state index contributed by atoms with van der Waals surface area (Å²) in [6, 6.07) is 0. The van der Waals surface area contributed by atoms with Crippen LogP contribution in [0.5, 0.6) is 0 Å². The Hall–Kier alpha value is -0.940. The van der Waals surface area contributed by atoms with Gasteiger partial charge in [-0.2, -0.15) is 13.2 Å². The number of halogens is 3. The summed E-state index contributed by atoms with van der Waals surface area (Å²) >= 11 is 0. The van der Waals surface area contributed by atoms with E-state index in [0.717, 1.165) is 0 Å². The highest BCUT2D eigenvalue weighted by molar-refractivity contribution is 5.74. The lowest BCUT2D eigenvalue weighted by Crippen LogP contribution is -2.36. The molecule has 12 heavy (non-hydrogen) atoms. The first-order valence-corrected chi connectivity index (χ1v) is 3.57. The van der Waals surface area contributed by atoms with Gasteiger partial charge in [-0.3, -0.25) is 5.41 Å². The second-order valence-electron chi connectivity index (χ2n) is 2.86. The predicted octanol–water partition coefficient (Wildman–Crippen LogP) is 0.764. The molecule has 1 rings (SSSR count). The molecule has 0 bridgehead atoms. The quantitative estimate of drug-likeness (QED) is 0.428. The molecule has 1 unspecified atom stereocenters. The first-order valence-electron chi connectivity index (χ1n) is 3.57. The number of rotatable bonds is 0. The molecular weight excluding hydrogens is 171 g/mol. The fourth-order valence-electron chi connectivity index (χ4n) is 1.25. The van der Waals surface area contributed by atoms with E-state index in [9.17, 15) is 13.2 Å². The van der Waals surface area contributed by atoms with Crippen LogP contribution in [0.25, 0.3) is 0 Å². The Bertz CT molecular complexity index is 189. The molecule has 1 heterocycles. The van der Waals surface area contributed by atoms with Crippen molar-refractivity contribution in [2.75, 3.05) is 13.1 Å². The van der Waals surface area contributed by atoms with Crippen LogP contribution in [0.15, 0.2) is 0 Å². The van der Waals surface area contributed by atoms with Gasteiger partial charge in [0.2, 0.25) is 0 Å². The Labute approximate surface area is 67.8 Å². The highest BCUT2D eigenvalue weighted by Crippen LogP contribution is 2.32. The lowest BCUT2D eigenvalue weighted by atomic mass is 10.1. The van der Waals surface area contributed by atoms with Crippen LogP contribution in [0.4, 0.5) is 13.2 Å². The number of nitrogens with zero attached hydrogens (tertiary/aromatic N) is 1. The zero-order chi connectivity index (χ0) is 9.35. The number of nitrogens with two attached hydrogens (primary N) is 1. The normalized spacial score (nSPS) is 24.6.